The van der Waals surface area contributed by atoms with Gasteiger partial charge in [-0.15, -0.1) is 0 Å². The number of phenols is 1. The first kappa shape index (κ1) is 13.6. The number of aromatic hydroxyl groups is 1. The second-order valence-corrected chi connectivity index (χ2v) is 6.16. The fourth-order valence-electron chi connectivity index (χ4n) is 1.76. The molecule has 3 aromatic rings. The molecule has 0 aliphatic heterocycles. The second kappa shape index (κ2) is 5.53. The lowest BCUT2D eigenvalue weighted by Crippen LogP contribution is -1.83. The van der Waals surface area contributed by atoms with Gasteiger partial charge in [0.05, 0.1) is 5.56 Å². The zero-order valence-corrected chi connectivity index (χ0v) is 13.8. The lowest BCUT2D eigenvalue weighted by Gasteiger charge is -1.99. The highest BCUT2D eigenvalue weighted by Gasteiger charge is 2.15. The van der Waals surface area contributed by atoms with Gasteiger partial charge in [0, 0.05) is 13.6 Å². The molecule has 6 heteroatoms. The highest BCUT2D eigenvalue weighted by atomic mass is 127. The van der Waals surface area contributed by atoms with E-state index in [9.17, 15) is 5.11 Å². The van der Waals surface area contributed by atoms with Gasteiger partial charge in [0.15, 0.2) is 0 Å². The Morgan fingerprint density at radius 2 is 1.90 bits per heavy atom. The summed E-state index contributed by atoms with van der Waals surface area (Å²) in [5.74, 6) is 0.894. The average Bonchev–Trinajstić information content (AvgIpc) is 2.91. The minimum Gasteiger partial charge on any atom is -0.507 e. The van der Waals surface area contributed by atoms with Crippen LogP contribution < -0.4 is 0 Å². The van der Waals surface area contributed by atoms with E-state index in [-0.39, 0.29) is 5.75 Å². The van der Waals surface area contributed by atoms with Gasteiger partial charge < -0.3 is 9.63 Å². The van der Waals surface area contributed by atoms with Gasteiger partial charge in [-0.3, -0.25) is 0 Å². The van der Waals surface area contributed by atoms with Crippen molar-refractivity contribution in [2.75, 3.05) is 0 Å². The molecule has 20 heavy (non-hydrogen) atoms. The number of benzene rings is 2. The first-order valence-corrected chi connectivity index (χ1v) is 7.60. The third-order valence-electron chi connectivity index (χ3n) is 2.73. The molecule has 0 aliphatic rings. The molecule has 0 unspecified atom stereocenters. The van der Waals surface area contributed by atoms with Gasteiger partial charge in [-0.05, 0) is 52.9 Å². The zero-order valence-electron chi connectivity index (χ0n) is 10.0. The topological polar surface area (TPSA) is 59.2 Å². The summed E-state index contributed by atoms with van der Waals surface area (Å²) >= 11 is 5.62. The number of nitrogens with zero attached hydrogens (tertiary/aromatic N) is 2. The van der Waals surface area contributed by atoms with E-state index in [1.165, 1.54) is 0 Å². The van der Waals surface area contributed by atoms with E-state index < -0.39 is 0 Å². The molecule has 3 rings (SSSR count). The standard InChI is InChI=1S/C14H8BrIN2O2/c15-11-4-2-1-3-9(11)13-17-14(20-18-13)10-7-8(16)5-6-12(10)19/h1-7,19H. The molecule has 0 aliphatic carbocycles. The maximum atomic E-state index is 9.88. The molecule has 0 amide bonds. The summed E-state index contributed by atoms with van der Waals surface area (Å²) in [6, 6.07) is 12.8. The highest BCUT2D eigenvalue weighted by molar-refractivity contribution is 14.1. The van der Waals surface area contributed by atoms with Crippen molar-refractivity contribution in [2.45, 2.75) is 0 Å². The smallest absolute Gasteiger partial charge is 0.262 e. The first-order valence-electron chi connectivity index (χ1n) is 5.72. The zero-order chi connectivity index (χ0) is 14.1. The third-order valence-corrected chi connectivity index (χ3v) is 4.09. The van der Waals surface area contributed by atoms with Gasteiger partial charge >= 0.3 is 0 Å². The van der Waals surface area contributed by atoms with E-state index in [4.69, 9.17) is 4.52 Å². The summed E-state index contributed by atoms with van der Waals surface area (Å²) in [6.07, 6.45) is 0. The SMILES string of the molecule is Oc1ccc(I)cc1-c1nc(-c2ccccc2Br)no1. The van der Waals surface area contributed by atoms with Crippen LogP contribution >= 0.6 is 38.5 Å². The quantitative estimate of drug-likeness (QED) is 0.594. The summed E-state index contributed by atoms with van der Waals surface area (Å²) in [5.41, 5.74) is 1.37. The van der Waals surface area contributed by atoms with Crippen molar-refractivity contribution in [2.24, 2.45) is 0 Å². The molecular formula is C14H8BrIN2O2. The van der Waals surface area contributed by atoms with E-state index in [1.54, 1.807) is 12.1 Å². The second-order valence-electron chi connectivity index (χ2n) is 4.06. The lowest BCUT2D eigenvalue weighted by molar-refractivity contribution is 0.425. The molecule has 2 aromatic carbocycles. The fraction of sp³-hybridized carbons (Fsp3) is 0. The number of phenolic OH excluding ortho intramolecular Hbond substituents is 1. The lowest BCUT2D eigenvalue weighted by atomic mass is 10.2. The van der Waals surface area contributed by atoms with Crippen LogP contribution in [0.1, 0.15) is 0 Å². The van der Waals surface area contributed by atoms with Crippen molar-refractivity contribution in [3.63, 3.8) is 0 Å². The van der Waals surface area contributed by atoms with Crippen LogP contribution in [0.4, 0.5) is 0 Å². The van der Waals surface area contributed by atoms with Crippen molar-refractivity contribution in [1.82, 2.24) is 10.1 Å². The van der Waals surface area contributed by atoms with Crippen LogP contribution in [0.15, 0.2) is 51.5 Å². The number of rotatable bonds is 2. The number of hydrogen-bond acceptors (Lipinski definition) is 4. The monoisotopic (exact) mass is 442 g/mol. The molecule has 100 valence electrons. The summed E-state index contributed by atoms with van der Waals surface area (Å²) in [4.78, 5) is 4.34. The Morgan fingerprint density at radius 3 is 2.70 bits per heavy atom. The van der Waals surface area contributed by atoms with Gasteiger partial charge in [-0.2, -0.15) is 4.98 Å². The number of hydrogen-bond donors (Lipinski definition) is 1. The van der Waals surface area contributed by atoms with Crippen molar-refractivity contribution < 1.29 is 9.63 Å². The molecule has 4 nitrogen and oxygen atoms in total. The van der Waals surface area contributed by atoms with Gasteiger partial charge in [0.1, 0.15) is 5.75 Å². The van der Waals surface area contributed by atoms with Crippen molar-refractivity contribution in [3.8, 4) is 28.6 Å². The molecule has 0 fully saturated rings. The Kier molecular flexibility index (Phi) is 3.75. The average molecular weight is 443 g/mol. The molecule has 1 N–H and O–H groups in total. The Hall–Kier alpha value is -1.41. The third kappa shape index (κ3) is 2.57. The van der Waals surface area contributed by atoms with Crippen LogP contribution in [0.5, 0.6) is 5.75 Å². The highest BCUT2D eigenvalue weighted by Crippen LogP contribution is 2.32. The fourth-order valence-corrected chi connectivity index (χ4v) is 2.72. The van der Waals surface area contributed by atoms with Gasteiger partial charge in [-0.25, -0.2) is 0 Å². The molecule has 0 radical (unpaired) electrons. The summed E-state index contributed by atoms with van der Waals surface area (Å²) < 4.78 is 7.12. The molecule has 0 saturated carbocycles. The van der Waals surface area contributed by atoms with E-state index in [0.29, 0.717) is 17.3 Å². The van der Waals surface area contributed by atoms with Gasteiger partial charge in [0.2, 0.25) is 5.82 Å². The van der Waals surface area contributed by atoms with Crippen LogP contribution in [0.3, 0.4) is 0 Å². The predicted octanol–water partition coefficient (Wildman–Crippen LogP) is 4.48. The molecule has 0 atom stereocenters. The van der Waals surface area contributed by atoms with E-state index in [1.807, 2.05) is 30.3 Å². The van der Waals surface area contributed by atoms with Crippen LogP contribution in [-0.2, 0) is 0 Å². The predicted molar refractivity (Wildman–Crippen MR) is 87.3 cm³/mol. The Labute approximate surface area is 137 Å². The maximum absolute atomic E-state index is 9.88. The molecule has 1 aromatic heterocycles. The largest absolute Gasteiger partial charge is 0.507 e. The Bertz CT molecular complexity index is 773. The summed E-state index contributed by atoms with van der Waals surface area (Å²) in [5, 5.41) is 13.8. The number of aromatic nitrogens is 2. The van der Waals surface area contributed by atoms with Gasteiger partial charge in [0.25, 0.3) is 5.89 Å². The Morgan fingerprint density at radius 1 is 1.10 bits per heavy atom. The van der Waals surface area contributed by atoms with Crippen LogP contribution in [0.25, 0.3) is 22.8 Å². The number of halogens is 2. The summed E-state index contributed by atoms with van der Waals surface area (Å²) in [7, 11) is 0. The Balaban J connectivity index is 2.07. The van der Waals surface area contributed by atoms with Crippen molar-refractivity contribution in [3.05, 3.63) is 50.5 Å². The normalized spacial score (nSPS) is 10.7. The van der Waals surface area contributed by atoms with Crippen LogP contribution in [0, 0.1) is 3.57 Å². The molecule has 0 saturated heterocycles. The van der Waals surface area contributed by atoms with E-state index in [2.05, 4.69) is 48.7 Å². The van der Waals surface area contributed by atoms with Crippen molar-refractivity contribution >= 4 is 38.5 Å². The first-order chi connectivity index (χ1) is 9.65. The molecule has 0 bridgehead atoms. The molecule has 1 heterocycles. The maximum Gasteiger partial charge on any atom is 0.262 e. The van der Waals surface area contributed by atoms with Gasteiger partial charge in [-0.1, -0.05) is 33.2 Å². The van der Waals surface area contributed by atoms with E-state index in [0.717, 1.165) is 13.6 Å². The minimum absolute atomic E-state index is 0.118. The summed E-state index contributed by atoms with van der Waals surface area (Å²) in [6.45, 7) is 0. The van der Waals surface area contributed by atoms with E-state index >= 15 is 0 Å². The molecule has 0 spiro atoms. The minimum atomic E-state index is 0.118. The van der Waals surface area contributed by atoms with Crippen LogP contribution in [-0.4, -0.2) is 15.2 Å². The molecular weight excluding hydrogens is 435 g/mol. The van der Waals surface area contributed by atoms with Crippen molar-refractivity contribution in [1.29, 1.82) is 0 Å². The van der Waals surface area contributed by atoms with Crippen LogP contribution in [0.2, 0.25) is 0 Å².